The first-order valence-corrected chi connectivity index (χ1v) is 14.6. The molecule has 2 aromatic rings. The van der Waals surface area contributed by atoms with E-state index in [-0.39, 0.29) is 6.61 Å². The number of rotatable bonds is 16. The lowest BCUT2D eigenvalue weighted by Gasteiger charge is -2.22. The van der Waals surface area contributed by atoms with Gasteiger partial charge in [-0.1, -0.05) is 48.5 Å². The van der Waals surface area contributed by atoms with E-state index in [4.69, 9.17) is 18.1 Å². The van der Waals surface area contributed by atoms with Crippen molar-refractivity contribution in [2.75, 3.05) is 53.9 Å². The summed E-state index contributed by atoms with van der Waals surface area (Å²) in [7, 11) is -0.421. The number of benzene rings is 2. The number of hydrogen-bond donors (Lipinski definition) is 1. The third-order valence-corrected chi connectivity index (χ3v) is 9.50. The number of aliphatic hydroxyl groups excluding tert-OH is 1. The third kappa shape index (κ3) is 9.37. The summed E-state index contributed by atoms with van der Waals surface area (Å²) >= 11 is 0. The lowest BCUT2D eigenvalue weighted by atomic mass is 10.1. The van der Waals surface area contributed by atoms with Crippen molar-refractivity contribution in [2.24, 2.45) is 0 Å². The Balaban J connectivity index is 1.94. The van der Waals surface area contributed by atoms with Crippen molar-refractivity contribution in [1.82, 2.24) is 4.90 Å². The van der Waals surface area contributed by atoms with Crippen molar-refractivity contribution >= 4 is 15.2 Å². The average molecular weight is 514 g/mol. The molecule has 2 rings (SSSR count). The van der Waals surface area contributed by atoms with Gasteiger partial charge in [0, 0.05) is 48.1 Å². The van der Waals surface area contributed by atoms with Gasteiger partial charge < -0.3 is 23.2 Å². The summed E-state index contributed by atoms with van der Waals surface area (Å²) in [4.78, 5) is 2.18. The van der Waals surface area contributed by atoms with Crippen molar-refractivity contribution in [2.45, 2.75) is 25.9 Å². The Hall–Kier alpha value is -1.34. The lowest BCUT2D eigenvalue weighted by Crippen LogP contribution is -2.26. The van der Waals surface area contributed by atoms with Gasteiger partial charge in [-0.2, -0.15) is 0 Å². The molecule has 0 heterocycles. The maximum Gasteiger partial charge on any atom is 0.330 e. The molecule has 190 valence electrons. The van der Waals surface area contributed by atoms with Crippen LogP contribution < -0.4 is 0 Å². The van der Waals surface area contributed by atoms with Crippen LogP contribution in [0.1, 0.15) is 22.3 Å². The van der Waals surface area contributed by atoms with E-state index in [0.29, 0.717) is 44.8 Å². The number of aryl methyl sites for hydroxylation is 2. The maximum absolute atomic E-state index is 12.2. The summed E-state index contributed by atoms with van der Waals surface area (Å²) in [6, 6.07) is 16.3. The van der Waals surface area contributed by atoms with Crippen LogP contribution in [0, 0.1) is 0 Å². The first kappa shape index (κ1) is 28.9. The first-order valence-electron chi connectivity index (χ1n) is 11.2. The molecule has 0 fully saturated rings. The first-order chi connectivity index (χ1) is 16.3. The van der Waals surface area contributed by atoms with Gasteiger partial charge in [-0.25, -0.2) is 0 Å². The zero-order chi connectivity index (χ0) is 25.0. The Morgan fingerprint density at radius 3 is 1.26 bits per heavy atom. The zero-order valence-corrected chi connectivity index (χ0v) is 22.3. The van der Waals surface area contributed by atoms with E-state index in [2.05, 4.69) is 29.2 Å². The van der Waals surface area contributed by atoms with E-state index in [1.54, 1.807) is 0 Å². The average Bonchev–Trinajstić information content (AvgIpc) is 2.87. The van der Waals surface area contributed by atoms with Crippen LogP contribution in [0.15, 0.2) is 48.5 Å². The van der Waals surface area contributed by atoms with Gasteiger partial charge in [-0.3, -0.25) is 14.0 Å². The Morgan fingerprint density at radius 2 is 0.971 bits per heavy atom. The van der Waals surface area contributed by atoms with E-state index in [0.717, 1.165) is 22.3 Å². The van der Waals surface area contributed by atoms with Crippen LogP contribution in [0.25, 0.3) is 0 Å². The lowest BCUT2D eigenvalue weighted by molar-refractivity contribution is 0.184. The highest BCUT2D eigenvalue weighted by Crippen LogP contribution is 2.47. The van der Waals surface area contributed by atoms with Crippen LogP contribution in [-0.4, -0.2) is 63.9 Å². The molecule has 0 unspecified atom stereocenters. The molecule has 0 aliphatic heterocycles. The fraction of sp³-hybridized carbons (Fsp3) is 0.500. The zero-order valence-electron chi connectivity index (χ0n) is 20.5. The Morgan fingerprint density at radius 1 is 0.647 bits per heavy atom. The molecule has 0 atom stereocenters. The second kappa shape index (κ2) is 14.3. The summed E-state index contributed by atoms with van der Waals surface area (Å²) < 4.78 is 44.4. The molecule has 0 aromatic heterocycles. The third-order valence-electron chi connectivity index (χ3n) is 5.74. The Kier molecular flexibility index (Phi) is 12.1. The molecule has 0 bridgehead atoms. The van der Waals surface area contributed by atoms with E-state index >= 15 is 0 Å². The van der Waals surface area contributed by atoms with Crippen molar-refractivity contribution < 1.29 is 32.3 Å². The minimum Gasteiger partial charge on any atom is -0.395 e. The standard InChI is InChI=1S/C24H37NO7P2/c1-29-33(27,30-2)17-13-21-5-9-23(10-6-21)19-25(15-16-26)20-24-11-7-22(8-12-24)14-18-34(28,31-3)32-4/h5-12,26H,13-20H2,1-4H3. The van der Waals surface area contributed by atoms with Gasteiger partial charge >= 0.3 is 15.2 Å². The molecule has 10 heteroatoms. The van der Waals surface area contributed by atoms with Crippen molar-refractivity contribution in [3.63, 3.8) is 0 Å². The van der Waals surface area contributed by atoms with Gasteiger partial charge in [0.2, 0.25) is 0 Å². The largest absolute Gasteiger partial charge is 0.395 e. The molecule has 1 N–H and O–H groups in total. The van der Waals surface area contributed by atoms with Gasteiger partial charge in [0.15, 0.2) is 0 Å². The van der Waals surface area contributed by atoms with Gasteiger partial charge in [0.25, 0.3) is 0 Å². The fourth-order valence-corrected chi connectivity index (χ4v) is 5.63. The SMILES string of the molecule is COP(=O)(CCc1ccc(CN(CCO)Cc2ccc(CCP(=O)(OC)OC)cc2)cc1)OC. The summed E-state index contributed by atoms with van der Waals surface area (Å²) in [5, 5.41) is 9.52. The summed E-state index contributed by atoms with van der Waals surface area (Å²) in [6.07, 6.45) is 1.88. The van der Waals surface area contributed by atoms with Crippen molar-refractivity contribution in [1.29, 1.82) is 0 Å². The minimum atomic E-state index is -3.01. The Labute approximate surface area is 203 Å². The highest BCUT2D eigenvalue weighted by Gasteiger charge is 2.21. The summed E-state index contributed by atoms with van der Waals surface area (Å²) in [5.74, 6) is 0. The summed E-state index contributed by atoms with van der Waals surface area (Å²) in [5.41, 5.74) is 4.39. The molecule has 0 radical (unpaired) electrons. The molecule has 0 amide bonds. The van der Waals surface area contributed by atoms with Crippen LogP contribution in [0.4, 0.5) is 0 Å². The van der Waals surface area contributed by atoms with Crippen molar-refractivity contribution in [3.05, 3.63) is 70.8 Å². The number of nitrogens with zero attached hydrogens (tertiary/aromatic N) is 1. The minimum absolute atomic E-state index is 0.0722. The molecule has 0 spiro atoms. The second-order valence-electron chi connectivity index (χ2n) is 7.97. The predicted octanol–water partition coefficient (Wildman–Crippen LogP) is 4.74. The second-order valence-corrected chi connectivity index (χ2v) is 12.8. The van der Waals surface area contributed by atoms with Gasteiger partial charge in [-0.15, -0.1) is 0 Å². The molecular formula is C24H37NO7P2. The van der Waals surface area contributed by atoms with E-state index in [9.17, 15) is 14.2 Å². The van der Waals surface area contributed by atoms with Crippen molar-refractivity contribution in [3.8, 4) is 0 Å². The van der Waals surface area contributed by atoms with Crippen LogP contribution in [0.2, 0.25) is 0 Å². The predicted molar refractivity (Wildman–Crippen MR) is 134 cm³/mol. The molecule has 0 aliphatic rings. The van der Waals surface area contributed by atoms with Crippen LogP contribution >= 0.6 is 15.2 Å². The van der Waals surface area contributed by atoms with Gasteiger partial charge in [0.05, 0.1) is 18.9 Å². The van der Waals surface area contributed by atoms with Crippen LogP contribution in [0.3, 0.4) is 0 Å². The highest BCUT2D eigenvalue weighted by atomic mass is 31.2. The molecule has 0 saturated carbocycles. The monoisotopic (exact) mass is 513 g/mol. The number of hydrogen-bond acceptors (Lipinski definition) is 8. The maximum atomic E-state index is 12.2. The molecule has 0 saturated heterocycles. The summed E-state index contributed by atoms with van der Waals surface area (Å²) in [6.45, 7) is 2.02. The molecule has 8 nitrogen and oxygen atoms in total. The Bertz CT molecular complexity index is 859. The normalized spacial score (nSPS) is 12.4. The molecule has 2 aromatic carbocycles. The fourth-order valence-electron chi connectivity index (χ4n) is 3.54. The van der Waals surface area contributed by atoms with Crippen LogP contribution in [0.5, 0.6) is 0 Å². The van der Waals surface area contributed by atoms with E-state index < -0.39 is 15.2 Å². The molecule has 0 aliphatic carbocycles. The smallest absolute Gasteiger partial charge is 0.330 e. The van der Waals surface area contributed by atoms with E-state index in [1.165, 1.54) is 28.4 Å². The number of aliphatic hydroxyl groups is 1. The molecule has 34 heavy (non-hydrogen) atoms. The highest BCUT2D eigenvalue weighted by molar-refractivity contribution is 7.54. The van der Waals surface area contributed by atoms with Gasteiger partial charge in [-0.05, 0) is 35.1 Å². The van der Waals surface area contributed by atoms with Gasteiger partial charge in [0.1, 0.15) is 0 Å². The topological polar surface area (TPSA) is 94.5 Å². The quantitative estimate of drug-likeness (QED) is 0.322. The van der Waals surface area contributed by atoms with Crippen LogP contribution in [-0.2, 0) is 53.2 Å². The molecular weight excluding hydrogens is 476 g/mol. The van der Waals surface area contributed by atoms with E-state index in [1.807, 2.05) is 24.3 Å².